The van der Waals surface area contributed by atoms with Gasteiger partial charge < -0.3 is 0 Å². The van der Waals surface area contributed by atoms with Crippen LogP contribution in [0.1, 0.15) is 10.7 Å². The smallest absolute Gasteiger partial charge is 0.235 e. The normalized spacial score (nSPS) is 11.5. The van der Waals surface area contributed by atoms with Gasteiger partial charge in [0.2, 0.25) is 4.96 Å². The molecule has 0 aliphatic carbocycles. The number of aryl methyl sites for hydroxylation is 2. The van der Waals surface area contributed by atoms with Crippen LogP contribution >= 0.6 is 34.3 Å². The van der Waals surface area contributed by atoms with E-state index in [4.69, 9.17) is 11.6 Å². The molecule has 0 atom stereocenters. The molecule has 116 valence electrons. The number of rotatable bonds is 2. The van der Waals surface area contributed by atoms with Crippen LogP contribution in [-0.4, -0.2) is 24.8 Å². The van der Waals surface area contributed by atoms with E-state index in [-0.39, 0.29) is 10.6 Å². The summed E-state index contributed by atoms with van der Waals surface area (Å²) in [4.78, 5) is 6.00. The molecule has 23 heavy (non-hydrogen) atoms. The molecule has 5 nitrogen and oxygen atoms in total. The lowest BCUT2D eigenvalue weighted by Crippen LogP contribution is -1.94. The van der Waals surface area contributed by atoms with Crippen LogP contribution in [0.4, 0.5) is 4.39 Å². The van der Waals surface area contributed by atoms with Gasteiger partial charge in [-0.25, -0.2) is 9.37 Å². The monoisotopic (exact) mass is 365 g/mol. The highest BCUT2D eigenvalue weighted by molar-refractivity contribution is 7.24. The number of benzene rings is 1. The number of aromatic nitrogens is 5. The Balaban J connectivity index is 1.90. The summed E-state index contributed by atoms with van der Waals surface area (Å²) >= 11 is 8.82. The zero-order valence-electron chi connectivity index (χ0n) is 12.0. The fraction of sp³-hybridized carbons (Fsp3) is 0.143. The molecular formula is C14H9ClFN5S2. The van der Waals surface area contributed by atoms with Crippen molar-refractivity contribution in [3.63, 3.8) is 0 Å². The van der Waals surface area contributed by atoms with Crippen LogP contribution in [0.5, 0.6) is 0 Å². The number of halogens is 2. The van der Waals surface area contributed by atoms with E-state index in [9.17, 15) is 4.39 Å². The molecule has 3 aromatic heterocycles. The van der Waals surface area contributed by atoms with Crippen molar-refractivity contribution in [2.45, 2.75) is 13.8 Å². The first-order chi connectivity index (χ1) is 11.0. The van der Waals surface area contributed by atoms with Crippen LogP contribution in [0.25, 0.3) is 26.2 Å². The lowest BCUT2D eigenvalue weighted by atomic mass is 10.2. The minimum Gasteiger partial charge on any atom is -0.246 e. The predicted molar refractivity (Wildman–Crippen MR) is 89.6 cm³/mol. The van der Waals surface area contributed by atoms with E-state index in [1.165, 1.54) is 17.4 Å². The summed E-state index contributed by atoms with van der Waals surface area (Å²) in [5.74, 6) is -0.191. The fourth-order valence-corrected chi connectivity index (χ4v) is 4.34. The summed E-state index contributed by atoms with van der Waals surface area (Å²) in [5.41, 5.74) is 1.20. The predicted octanol–water partition coefficient (Wildman–Crippen LogP) is 4.39. The van der Waals surface area contributed by atoms with Gasteiger partial charge in [0, 0.05) is 0 Å². The van der Waals surface area contributed by atoms with Crippen LogP contribution < -0.4 is 0 Å². The van der Waals surface area contributed by atoms with Gasteiger partial charge in [0.1, 0.15) is 0 Å². The largest absolute Gasteiger partial charge is 0.246 e. The molecule has 0 unspecified atom stereocenters. The van der Waals surface area contributed by atoms with Crippen LogP contribution in [0.15, 0.2) is 18.2 Å². The molecule has 0 amide bonds. The molecule has 0 spiro atoms. The zero-order chi connectivity index (χ0) is 16.1. The quantitative estimate of drug-likeness (QED) is 0.528. The van der Waals surface area contributed by atoms with Gasteiger partial charge in [-0.15, -0.1) is 21.5 Å². The molecule has 3 heterocycles. The van der Waals surface area contributed by atoms with E-state index in [1.807, 2.05) is 13.8 Å². The Morgan fingerprint density at radius 2 is 2.00 bits per heavy atom. The minimum atomic E-state index is -0.525. The van der Waals surface area contributed by atoms with E-state index < -0.39 is 5.82 Å². The second-order valence-corrected chi connectivity index (χ2v) is 7.44. The van der Waals surface area contributed by atoms with Crippen molar-refractivity contribution in [3.05, 3.63) is 39.7 Å². The van der Waals surface area contributed by atoms with Gasteiger partial charge in [-0.2, -0.15) is 9.61 Å². The van der Waals surface area contributed by atoms with E-state index in [2.05, 4.69) is 20.3 Å². The summed E-state index contributed by atoms with van der Waals surface area (Å²) in [5, 5.41) is 14.5. The summed E-state index contributed by atoms with van der Waals surface area (Å²) in [6.45, 7) is 3.90. The van der Waals surface area contributed by atoms with Crippen molar-refractivity contribution in [3.8, 4) is 21.3 Å². The van der Waals surface area contributed by atoms with Crippen molar-refractivity contribution in [1.82, 2.24) is 24.8 Å². The first kappa shape index (κ1) is 14.7. The second-order valence-electron chi connectivity index (χ2n) is 4.87. The van der Waals surface area contributed by atoms with Crippen molar-refractivity contribution in [2.24, 2.45) is 0 Å². The minimum absolute atomic E-state index is 0.0450. The molecule has 0 saturated carbocycles. The molecule has 0 aliphatic rings. The van der Waals surface area contributed by atoms with Crippen LogP contribution in [-0.2, 0) is 0 Å². The number of fused-ring (bicyclic) bond motifs is 1. The van der Waals surface area contributed by atoms with Crippen molar-refractivity contribution in [2.75, 3.05) is 0 Å². The number of hydrogen-bond donors (Lipinski definition) is 0. The molecule has 4 rings (SSSR count). The van der Waals surface area contributed by atoms with E-state index in [1.54, 1.807) is 28.0 Å². The Hall–Kier alpha value is -1.90. The summed E-state index contributed by atoms with van der Waals surface area (Å²) in [7, 11) is 0. The molecular weight excluding hydrogens is 357 g/mol. The molecule has 0 aliphatic heterocycles. The molecule has 0 saturated heterocycles. The molecule has 0 N–H and O–H groups in total. The number of thiazole rings is 1. The summed E-state index contributed by atoms with van der Waals surface area (Å²) in [6.07, 6.45) is 0. The molecule has 9 heteroatoms. The van der Waals surface area contributed by atoms with Gasteiger partial charge in [0.25, 0.3) is 0 Å². The zero-order valence-corrected chi connectivity index (χ0v) is 14.4. The summed E-state index contributed by atoms with van der Waals surface area (Å²) in [6, 6.07) is 4.78. The van der Waals surface area contributed by atoms with E-state index >= 15 is 0 Å². The second kappa shape index (κ2) is 5.33. The highest BCUT2D eigenvalue weighted by atomic mass is 35.5. The Morgan fingerprint density at radius 1 is 1.17 bits per heavy atom. The molecule has 4 aromatic rings. The number of nitrogens with zero attached hydrogens (tertiary/aromatic N) is 5. The Kier molecular flexibility index (Phi) is 3.40. The van der Waals surface area contributed by atoms with Crippen LogP contribution in [0, 0.1) is 19.7 Å². The first-order valence-corrected chi connectivity index (χ1v) is 8.66. The van der Waals surface area contributed by atoms with E-state index in [0.29, 0.717) is 10.8 Å². The SMILES string of the molecule is Cc1nc(C)c(-c2nn3c(-c4cccc(Cl)c4F)nnc3s2)s1. The van der Waals surface area contributed by atoms with Crippen LogP contribution in [0.2, 0.25) is 5.02 Å². The summed E-state index contributed by atoms with van der Waals surface area (Å²) < 4.78 is 15.8. The number of hydrogen-bond acceptors (Lipinski definition) is 6. The average Bonchev–Trinajstić information content (AvgIpc) is 3.16. The van der Waals surface area contributed by atoms with Crippen molar-refractivity contribution in [1.29, 1.82) is 0 Å². The highest BCUT2D eigenvalue weighted by Gasteiger charge is 2.20. The lowest BCUT2D eigenvalue weighted by molar-refractivity contribution is 0.629. The Morgan fingerprint density at radius 3 is 2.74 bits per heavy atom. The maximum Gasteiger partial charge on any atom is 0.235 e. The van der Waals surface area contributed by atoms with Gasteiger partial charge in [-0.3, -0.25) is 0 Å². The maximum atomic E-state index is 14.2. The third kappa shape index (κ3) is 2.34. The molecule has 0 radical (unpaired) electrons. The van der Waals surface area contributed by atoms with Crippen molar-refractivity contribution < 1.29 is 4.39 Å². The highest BCUT2D eigenvalue weighted by Crippen LogP contribution is 2.34. The first-order valence-electron chi connectivity index (χ1n) is 6.65. The third-order valence-corrected chi connectivity index (χ3v) is 5.70. The van der Waals surface area contributed by atoms with Gasteiger partial charge in [0.15, 0.2) is 16.6 Å². The Bertz CT molecular complexity index is 1040. The van der Waals surface area contributed by atoms with E-state index in [0.717, 1.165) is 20.6 Å². The maximum absolute atomic E-state index is 14.2. The van der Waals surface area contributed by atoms with Gasteiger partial charge >= 0.3 is 0 Å². The molecule has 0 fully saturated rings. The van der Waals surface area contributed by atoms with Crippen molar-refractivity contribution >= 4 is 39.2 Å². The van der Waals surface area contributed by atoms with Gasteiger partial charge in [-0.05, 0) is 26.0 Å². The van der Waals surface area contributed by atoms with Gasteiger partial charge in [-0.1, -0.05) is 29.0 Å². The third-order valence-electron chi connectivity index (χ3n) is 3.28. The Labute approximate surface area is 143 Å². The fourth-order valence-electron chi connectivity index (χ4n) is 2.28. The lowest BCUT2D eigenvalue weighted by Gasteiger charge is -2.00. The molecule has 0 bridgehead atoms. The standard InChI is InChI=1S/C14H9ClFN5S2/c1-6-11(22-7(2)17-6)13-20-21-12(18-19-14(21)23-13)8-4-3-5-9(15)10(8)16/h3-5H,1-2H3. The topological polar surface area (TPSA) is 56.0 Å². The van der Waals surface area contributed by atoms with Gasteiger partial charge in [0.05, 0.1) is 26.2 Å². The average molecular weight is 366 g/mol. The molecule has 1 aromatic carbocycles. The van der Waals surface area contributed by atoms with Crippen LogP contribution in [0.3, 0.4) is 0 Å².